The third-order valence-corrected chi connectivity index (χ3v) is 7.82. The zero-order chi connectivity index (χ0) is 19.1. The van der Waals surface area contributed by atoms with Gasteiger partial charge in [-0.3, -0.25) is 0 Å². The van der Waals surface area contributed by atoms with Crippen molar-refractivity contribution < 1.29 is 11.0 Å². The summed E-state index contributed by atoms with van der Waals surface area (Å²) in [6, 6.07) is 10.3. The fourth-order valence-corrected chi connectivity index (χ4v) is 6.37. The first-order chi connectivity index (χ1) is 13.7. The van der Waals surface area contributed by atoms with Gasteiger partial charge in [0.1, 0.15) is 0 Å². The van der Waals surface area contributed by atoms with Crippen molar-refractivity contribution in [2.45, 2.75) is 75.4 Å². The normalized spacial score (nSPS) is 31.3. The second kappa shape index (κ2) is 7.25. The Morgan fingerprint density at radius 2 is 1.89 bits per heavy atom. The quantitative estimate of drug-likeness (QED) is 0.827. The molecule has 2 bridgehead atoms. The molecule has 1 amide bonds. The zero-order valence-electron chi connectivity index (χ0n) is 17.0. The van der Waals surface area contributed by atoms with Gasteiger partial charge < -0.3 is 19.9 Å². The van der Waals surface area contributed by atoms with Crippen molar-refractivity contribution >= 4 is 11.8 Å². The second-order valence-electron chi connectivity index (χ2n) is 9.19. The molecule has 1 N–H and O–H groups in total. The monoisotopic (exact) mass is 385 g/mol. The number of carbonyl (C=O) groups is 1. The molecule has 3 fully saturated rings. The van der Waals surface area contributed by atoms with Crippen LogP contribution in [0.25, 0.3) is 0 Å². The van der Waals surface area contributed by atoms with Gasteiger partial charge >= 0.3 is 6.09 Å². The number of nitrogens with zero attached hydrogens (tertiary/aromatic N) is 2. The highest BCUT2D eigenvalue weighted by Gasteiger charge is 2.46. The van der Waals surface area contributed by atoms with Crippen molar-refractivity contribution in [3.05, 3.63) is 29.8 Å². The lowest BCUT2D eigenvalue weighted by molar-refractivity contribution is -0.0165. The predicted octanol–water partition coefficient (Wildman–Crippen LogP) is 4.23. The maximum absolute atomic E-state index is 12.5. The summed E-state index contributed by atoms with van der Waals surface area (Å²) in [4.78, 5) is 17.3. The number of amides is 1. The number of carbonyl (C=O) groups excluding carboxylic acids is 1. The highest BCUT2D eigenvalue weighted by Crippen LogP contribution is 2.45. The largest absolute Gasteiger partial charge is 0.450 e. The van der Waals surface area contributed by atoms with E-state index in [0.29, 0.717) is 30.1 Å². The van der Waals surface area contributed by atoms with Crippen LogP contribution in [0.15, 0.2) is 24.3 Å². The van der Waals surface area contributed by atoms with Gasteiger partial charge in [-0.05, 0) is 76.6 Å². The van der Waals surface area contributed by atoms with E-state index in [1.807, 2.05) is 6.92 Å². The van der Waals surface area contributed by atoms with E-state index in [1.165, 1.54) is 43.6 Å². The minimum Gasteiger partial charge on any atom is -0.450 e. The van der Waals surface area contributed by atoms with Crippen molar-refractivity contribution in [2.24, 2.45) is 0 Å². The van der Waals surface area contributed by atoms with Gasteiger partial charge in [-0.25, -0.2) is 4.79 Å². The molecule has 5 rings (SSSR count). The molecular formula is C23H35N3O2. The number of anilines is 1. The third-order valence-electron chi connectivity index (χ3n) is 7.82. The van der Waals surface area contributed by atoms with Gasteiger partial charge in [0.25, 0.3) is 0 Å². The van der Waals surface area contributed by atoms with E-state index in [2.05, 4.69) is 39.4 Å². The molecule has 3 saturated heterocycles. The highest BCUT2D eigenvalue weighted by atomic mass is 16.6. The van der Waals surface area contributed by atoms with Crippen molar-refractivity contribution in [3.8, 4) is 0 Å². The summed E-state index contributed by atoms with van der Waals surface area (Å²) in [7, 11) is 0. The van der Waals surface area contributed by atoms with Gasteiger partial charge in [-0.15, -0.1) is 0 Å². The number of para-hydroxylation sites is 1. The first-order valence-corrected chi connectivity index (χ1v) is 11.2. The van der Waals surface area contributed by atoms with Crippen molar-refractivity contribution in [3.63, 3.8) is 0 Å². The molecular weight excluding hydrogens is 350 g/mol. The standard InChI is InChI=1S/C23H33N3O2.H2/c1-2-28-22(27)26-17-6-5-7-18(26)15-19(14-17)25-12-10-23(11-13-25)16-24-21-9-4-3-8-20(21)23;/h3-4,8-9,17-19,24H,2,5-7,10-16H2,1H3;1H. The van der Waals surface area contributed by atoms with Gasteiger partial charge in [0, 0.05) is 37.2 Å². The number of nitrogens with one attached hydrogen (secondary N) is 1. The molecule has 2 unspecified atom stereocenters. The minimum atomic E-state index is -0.0816. The molecule has 0 radical (unpaired) electrons. The molecule has 154 valence electrons. The molecule has 1 aromatic rings. The molecule has 5 heteroatoms. The van der Waals surface area contributed by atoms with E-state index in [9.17, 15) is 4.79 Å². The smallest absolute Gasteiger partial charge is 0.410 e. The minimum absolute atomic E-state index is 0. The first-order valence-electron chi connectivity index (χ1n) is 11.2. The molecule has 4 heterocycles. The molecule has 4 aliphatic rings. The van der Waals surface area contributed by atoms with E-state index < -0.39 is 0 Å². The summed E-state index contributed by atoms with van der Waals surface area (Å²) >= 11 is 0. The Labute approximate surface area is 169 Å². The number of ether oxygens (including phenoxy) is 1. The number of piperidine rings is 3. The van der Waals surface area contributed by atoms with Crippen molar-refractivity contribution in [1.82, 2.24) is 9.80 Å². The van der Waals surface area contributed by atoms with Gasteiger partial charge in [-0.2, -0.15) is 0 Å². The van der Waals surface area contributed by atoms with Crippen LogP contribution in [0.4, 0.5) is 10.5 Å². The van der Waals surface area contributed by atoms with Crippen LogP contribution in [-0.4, -0.2) is 60.3 Å². The molecule has 1 aromatic carbocycles. The van der Waals surface area contributed by atoms with Crippen molar-refractivity contribution in [1.29, 1.82) is 0 Å². The lowest BCUT2D eigenvalue weighted by Crippen LogP contribution is -2.60. The molecule has 0 aromatic heterocycles. The van der Waals surface area contributed by atoms with E-state index in [4.69, 9.17) is 4.74 Å². The fourth-order valence-electron chi connectivity index (χ4n) is 6.37. The Kier molecular flexibility index (Phi) is 4.74. The summed E-state index contributed by atoms with van der Waals surface area (Å²) in [6.45, 7) is 5.83. The Morgan fingerprint density at radius 3 is 2.61 bits per heavy atom. The Hall–Kier alpha value is -1.75. The van der Waals surface area contributed by atoms with Gasteiger partial charge in [0.05, 0.1) is 6.61 Å². The SMILES string of the molecule is CCOC(=O)N1C2CCCC1CC(N1CCC3(CC1)CNc1ccccc13)C2.[HH]. The van der Waals surface area contributed by atoms with E-state index >= 15 is 0 Å². The average molecular weight is 386 g/mol. The van der Waals surface area contributed by atoms with Crippen LogP contribution in [0.5, 0.6) is 0 Å². The number of benzene rings is 1. The van der Waals surface area contributed by atoms with E-state index in [1.54, 1.807) is 0 Å². The number of hydrogen-bond donors (Lipinski definition) is 1. The zero-order valence-corrected chi connectivity index (χ0v) is 17.0. The summed E-state index contributed by atoms with van der Waals surface area (Å²) in [5.74, 6) is 0. The fraction of sp³-hybridized carbons (Fsp3) is 0.696. The molecule has 5 nitrogen and oxygen atoms in total. The van der Waals surface area contributed by atoms with Crippen LogP contribution in [0, 0.1) is 0 Å². The number of rotatable bonds is 2. The number of hydrogen-bond acceptors (Lipinski definition) is 4. The van der Waals surface area contributed by atoms with Crippen LogP contribution < -0.4 is 5.32 Å². The summed E-state index contributed by atoms with van der Waals surface area (Å²) < 4.78 is 5.36. The Morgan fingerprint density at radius 1 is 1.18 bits per heavy atom. The Bertz CT molecular complexity index is 721. The second-order valence-corrected chi connectivity index (χ2v) is 9.19. The van der Waals surface area contributed by atoms with E-state index in [-0.39, 0.29) is 7.52 Å². The predicted molar refractivity (Wildman–Crippen MR) is 113 cm³/mol. The summed E-state index contributed by atoms with van der Waals surface area (Å²) in [6.07, 6.45) is 8.18. The molecule has 0 saturated carbocycles. The van der Waals surface area contributed by atoms with Crippen LogP contribution >= 0.6 is 0 Å². The van der Waals surface area contributed by atoms with Gasteiger partial charge in [0.15, 0.2) is 0 Å². The molecule has 1 spiro atoms. The lowest BCUT2D eigenvalue weighted by Gasteiger charge is -2.52. The Balaban J connectivity index is 0.00000205. The maximum Gasteiger partial charge on any atom is 0.410 e. The van der Waals surface area contributed by atoms with Gasteiger partial charge in [0.2, 0.25) is 0 Å². The third kappa shape index (κ3) is 2.99. The van der Waals surface area contributed by atoms with Crippen LogP contribution in [0.1, 0.15) is 58.9 Å². The molecule has 2 atom stereocenters. The average Bonchev–Trinajstić information content (AvgIpc) is 3.06. The highest BCUT2D eigenvalue weighted by molar-refractivity contribution is 5.69. The van der Waals surface area contributed by atoms with Crippen LogP contribution in [0.3, 0.4) is 0 Å². The summed E-state index contributed by atoms with van der Waals surface area (Å²) in [5.41, 5.74) is 3.20. The van der Waals surface area contributed by atoms with Gasteiger partial charge in [-0.1, -0.05) is 18.2 Å². The molecule has 0 aliphatic carbocycles. The summed E-state index contributed by atoms with van der Waals surface area (Å²) in [5, 5.41) is 3.64. The van der Waals surface area contributed by atoms with Crippen molar-refractivity contribution in [2.75, 3.05) is 31.6 Å². The van der Waals surface area contributed by atoms with Crippen LogP contribution in [0.2, 0.25) is 0 Å². The lowest BCUT2D eigenvalue weighted by atomic mass is 9.73. The van der Waals surface area contributed by atoms with E-state index in [0.717, 1.165) is 32.2 Å². The number of fused-ring (bicyclic) bond motifs is 4. The first kappa shape index (κ1) is 18.3. The maximum atomic E-state index is 12.5. The van der Waals surface area contributed by atoms with Crippen LogP contribution in [-0.2, 0) is 10.2 Å². The number of likely N-dealkylation sites (tertiary alicyclic amines) is 1. The topological polar surface area (TPSA) is 44.8 Å². The molecule has 4 aliphatic heterocycles. The molecule has 28 heavy (non-hydrogen) atoms.